The lowest BCUT2D eigenvalue weighted by atomic mass is 10.0. The summed E-state index contributed by atoms with van der Waals surface area (Å²) in [6.07, 6.45) is 0. The topological polar surface area (TPSA) is 96.5 Å². The normalized spacial score (nSPS) is 15.1. The summed E-state index contributed by atoms with van der Waals surface area (Å²) in [4.78, 5) is 7.62. The Morgan fingerprint density at radius 2 is 0.771 bits per heavy atom. The third-order valence-electron chi connectivity index (χ3n) is 12.7. The molecule has 1 N–H and O–H groups in total. The zero-order valence-corrected chi connectivity index (χ0v) is 40.7. The summed E-state index contributed by atoms with van der Waals surface area (Å²) in [6, 6.07) is 73.7. The first kappa shape index (κ1) is 47.7. The fourth-order valence-corrected chi connectivity index (χ4v) is 11.9. The molecule has 1 unspecified atom stereocenters. The largest absolute Gasteiger partial charge is 0.368 e. The molecule has 2 heterocycles. The predicted octanol–water partition coefficient (Wildman–Crippen LogP) is 10.6. The summed E-state index contributed by atoms with van der Waals surface area (Å²) in [7, 11) is -7.49. The lowest BCUT2D eigenvalue weighted by Crippen LogP contribution is -2.46. The van der Waals surface area contributed by atoms with E-state index in [0.717, 1.165) is 68.3 Å². The summed E-state index contributed by atoms with van der Waals surface area (Å²) in [5.41, 5.74) is 7.75. The van der Waals surface area contributed by atoms with Crippen molar-refractivity contribution in [3.63, 3.8) is 0 Å². The van der Waals surface area contributed by atoms with Gasteiger partial charge in [-0.15, -0.1) is 0 Å². The molecule has 0 aromatic heterocycles. The van der Waals surface area contributed by atoms with Gasteiger partial charge in [-0.05, 0) is 89.5 Å². The van der Waals surface area contributed by atoms with Crippen LogP contribution in [0.2, 0.25) is 0 Å². The van der Waals surface area contributed by atoms with Gasteiger partial charge in [-0.1, -0.05) is 158 Å². The first-order valence-corrected chi connectivity index (χ1v) is 26.6. The molecule has 2 saturated heterocycles. The fourth-order valence-electron chi connectivity index (χ4n) is 9.01. The highest BCUT2D eigenvalue weighted by molar-refractivity contribution is 7.93. The molecule has 10 rings (SSSR count). The van der Waals surface area contributed by atoms with E-state index in [9.17, 15) is 16.8 Å². The van der Waals surface area contributed by atoms with E-state index in [1.807, 2.05) is 121 Å². The molecule has 0 bridgehead atoms. The molecule has 0 spiro atoms. The van der Waals surface area contributed by atoms with Crippen LogP contribution in [-0.2, 0) is 33.1 Å². The number of piperazine rings is 2. The van der Waals surface area contributed by atoms with Crippen molar-refractivity contribution in [1.82, 2.24) is 5.32 Å². The highest BCUT2D eigenvalue weighted by atomic mass is 32.2. The smallest absolute Gasteiger partial charge is 0.264 e. The Hall–Kier alpha value is -7.38. The molecule has 1 atom stereocenters. The Labute approximate surface area is 413 Å². The number of hydrogen-bond acceptors (Lipinski definition) is 8. The molecule has 12 heteroatoms. The molecule has 0 aliphatic carbocycles. The van der Waals surface area contributed by atoms with E-state index in [0.29, 0.717) is 11.4 Å². The summed E-state index contributed by atoms with van der Waals surface area (Å²) < 4.78 is 58.0. The van der Waals surface area contributed by atoms with Crippen LogP contribution in [0, 0.1) is 0 Å². The molecule has 2 aliphatic heterocycles. The van der Waals surface area contributed by atoms with Gasteiger partial charge in [0.25, 0.3) is 20.0 Å². The Balaban J connectivity index is 0.000000174. The van der Waals surface area contributed by atoms with Crippen molar-refractivity contribution in [3.8, 4) is 0 Å². The quantitative estimate of drug-likeness (QED) is 0.115. The minimum absolute atomic E-state index is 0.224. The molecule has 2 fully saturated rings. The Morgan fingerprint density at radius 3 is 1.23 bits per heavy atom. The third-order valence-corrected chi connectivity index (χ3v) is 16.3. The van der Waals surface area contributed by atoms with E-state index in [1.54, 1.807) is 48.5 Å². The van der Waals surface area contributed by atoms with Crippen LogP contribution in [0.3, 0.4) is 0 Å². The SMILES string of the molecule is O=S(=O)(c1ccccc1)N(Cc1ccccc1)c1cccc(N2CCN(c3ccccc3)CC2)c1.O=S(=O)(c1ccccc1)N(Cc1ccccc1)c1cccc(N2CCNC(c3ccccc3)C2)c1. The van der Waals surface area contributed by atoms with Gasteiger partial charge < -0.3 is 20.0 Å². The van der Waals surface area contributed by atoms with Gasteiger partial charge in [0.1, 0.15) is 0 Å². The second-order valence-corrected chi connectivity index (χ2v) is 21.1. The minimum atomic E-state index is -3.75. The summed E-state index contributed by atoms with van der Waals surface area (Å²) in [5, 5.41) is 3.60. The molecule has 10 nitrogen and oxygen atoms in total. The maximum absolute atomic E-state index is 13.8. The van der Waals surface area contributed by atoms with Crippen LogP contribution in [0.5, 0.6) is 0 Å². The predicted molar refractivity (Wildman–Crippen MR) is 286 cm³/mol. The number of nitrogens with zero attached hydrogens (tertiary/aromatic N) is 5. The Morgan fingerprint density at radius 1 is 0.400 bits per heavy atom. The van der Waals surface area contributed by atoms with Gasteiger partial charge in [0, 0.05) is 68.9 Å². The number of nitrogens with one attached hydrogen (secondary N) is 1. The van der Waals surface area contributed by atoms with Gasteiger partial charge in [0.05, 0.1) is 34.3 Å². The molecule has 0 amide bonds. The number of sulfonamides is 2. The number of benzene rings is 8. The van der Waals surface area contributed by atoms with Crippen LogP contribution in [0.4, 0.5) is 28.4 Å². The Bertz CT molecular complexity index is 3110. The second-order valence-electron chi connectivity index (χ2n) is 17.3. The van der Waals surface area contributed by atoms with Crippen molar-refractivity contribution >= 4 is 48.5 Å². The van der Waals surface area contributed by atoms with E-state index in [2.05, 4.69) is 80.7 Å². The van der Waals surface area contributed by atoms with Crippen molar-refractivity contribution < 1.29 is 16.8 Å². The van der Waals surface area contributed by atoms with Crippen LogP contribution in [-0.4, -0.2) is 62.6 Å². The lowest BCUT2D eigenvalue weighted by Gasteiger charge is -2.37. The van der Waals surface area contributed by atoms with E-state index < -0.39 is 20.0 Å². The number of anilines is 5. The molecular formula is C58H58N6O4S2. The standard InChI is InChI=1S/2C29H29N3O2S/c33-35(34,29-17-8-3-9-18-29)32(24-25-11-4-1-5-12-25)28-16-10-15-27(23-28)31-21-19-30(20-22-31)26-13-6-2-7-14-26;33-35(34,28-17-8-3-9-18-28)32(22-24-11-4-1-5-12-24)27-16-10-15-26(21-27)31-20-19-30-29(23-31)25-13-6-2-7-14-25/h1-18,23H,19-22,24H2;1-18,21,29-30H,19-20,22-23H2. The average molecular weight is 967 g/mol. The van der Waals surface area contributed by atoms with Crippen LogP contribution in [0.1, 0.15) is 22.7 Å². The molecular weight excluding hydrogens is 909 g/mol. The van der Waals surface area contributed by atoms with Crippen molar-refractivity contribution in [2.24, 2.45) is 0 Å². The number of rotatable bonds is 14. The highest BCUT2D eigenvalue weighted by Crippen LogP contribution is 2.33. The van der Waals surface area contributed by atoms with E-state index in [4.69, 9.17) is 0 Å². The maximum atomic E-state index is 13.8. The van der Waals surface area contributed by atoms with Crippen molar-refractivity contribution in [1.29, 1.82) is 0 Å². The molecule has 356 valence electrons. The molecule has 8 aromatic rings. The zero-order valence-electron chi connectivity index (χ0n) is 39.1. The summed E-state index contributed by atoms with van der Waals surface area (Å²) in [6.45, 7) is 6.66. The average Bonchev–Trinajstić information content (AvgIpc) is 3.43. The Kier molecular flexibility index (Phi) is 15.2. The van der Waals surface area contributed by atoms with E-state index in [1.165, 1.54) is 19.9 Å². The number of para-hydroxylation sites is 1. The van der Waals surface area contributed by atoms with Crippen molar-refractivity contribution in [2.45, 2.75) is 28.9 Å². The van der Waals surface area contributed by atoms with Crippen LogP contribution >= 0.6 is 0 Å². The number of hydrogen-bond donors (Lipinski definition) is 1. The highest BCUT2D eigenvalue weighted by Gasteiger charge is 2.29. The zero-order chi connectivity index (χ0) is 48.2. The molecule has 70 heavy (non-hydrogen) atoms. The van der Waals surface area contributed by atoms with Crippen molar-refractivity contribution in [3.05, 3.63) is 247 Å². The van der Waals surface area contributed by atoms with Crippen LogP contribution < -0.4 is 28.6 Å². The molecule has 0 saturated carbocycles. The first-order valence-electron chi connectivity index (χ1n) is 23.7. The van der Waals surface area contributed by atoms with Gasteiger partial charge in [-0.25, -0.2) is 16.8 Å². The lowest BCUT2D eigenvalue weighted by molar-refractivity contribution is 0.472. The maximum Gasteiger partial charge on any atom is 0.264 e. The van der Waals surface area contributed by atoms with Crippen LogP contribution in [0.25, 0.3) is 0 Å². The minimum Gasteiger partial charge on any atom is -0.368 e. The van der Waals surface area contributed by atoms with Gasteiger partial charge in [0.15, 0.2) is 0 Å². The van der Waals surface area contributed by atoms with Gasteiger partial charge >= 0.3 is 0 Å². The summed E-state index contributed by atoms with van der Waals surface area (Å²) in [5.74, 6) is 0. The van der Waals surface area contributed by atoms with Gasteiger partial charge in [-0.3, -0.25) is 8.61 Å². The second kappa shape index (κ2) is 22.4. The fraction of sp³-hybridized carbons (Fsp3) is 0.172. The van der Waals surface area contributed by atoms with Crippen LogP contribution in [0.15, 0.2) is 240 Å². The van der Waals surface area contributed by atoms with Gasteiger partial charge in [0.2, 0.25) is 0 Å². The monoisotopic (exact) mass is 966 g/mol. The third kappa shape index (κ3) is 11.5. The first-order chi connectivity index (χ1) is 34.2. The molecule has 0 radical (unpaired) electrons. The summed E-state index contributed by atoms with van der Waals surface area (Å²) >= 11 is 0. The van der Waals surface area contributed by atoms with E-state index in [-0.39, 0.29) is 28.9 Å². The molecule has 2 aliphatic rings. The van der Waals surface area contributed by atoms with Crippen molar-refractivity contribution in [2.75, 3.05) is 69.1 Å². The van der Waals surface area contributed by atoms with Gasteiger partial charge in [-0.2, -0.15) is 0 Å². The molecule has 8 aromatic carbocycles. The van der Waals surface area contributed by atoms with E-state index >= 15 is 0 Å².